The molecule has 0 saturated heterocycles. The second kappa shape index (κ2) is 8.65. The summed E-state index contributed by atoms with van der Waals surface area (Å²) in [5, 5.41) is 11.0. The van der Waals surface area contributed by atoms with Crippen LogP contribution in [0.4, 0.5) is 0 Å². The van der Waals surface area contributed by atoms with Crippen LogP contribution < -0.4 is 4.74 Å². The van der Waals surface area contributed by atoms with Gasteiger partial charge >= 0.3 is 5.97 Å². The third-order valence-electron chi connectivity index (χ3n) is 4.25. The Morgan fingerprint density at radius 1 is 1.19 bits per heavy atom. The minimum atomic E-state index is -0.484. The van der Waals surface area contributed by atoms with Gasteiger partial charge in [0.1, 0.15) is 11.5 Å². The van der Waals surface area contributed by atoms with Crippen molar-refractivity contribution in [1.29, 1.82) is 0 Å². The van der Waals surface area contributed by atoms with Crippen molar-refractivity contribution in [3.63, 3.8) is 0 Å². The molecular weight excluding hydrogens is 375 g/mol. The molecule has 140 valence electrons. The summed E-state index contributed by atoms with van der Waals surface area (Å²) in [5.41, 5.74) is 3.76. The van der Waals surface area contributed by atoms with Gasteiger partial charge in [0.25, 0.3) is 0 Å². The maximum absolute atomic E-state index is 11.2. The zero-order valence-electron chi connectivity index (χ0n) is 15.2. The molecule has 2 aromatic rings. The molecule has 0 aliphatic carbocycles. The Morgan fingerprint density at radius 2 is 1.81 bits per heavy atom. The first kappa shape index (κ1) is 20.4. The van der Waals surface area contributed by atoms with Crippen molar-refractivity contribution in [3.05, 3.63) is 56.6 Å². The van der Waals surface area contributed by atoms with Crippen LogP contribution in [-0.4, -0.2) is 24.8 Å². The fourth-order valence-electron chi connectivity index (χ4n) is 2.90. The van der Waals surface area contributed by atoms with Crippen LogP contribution in [0.5, 0.6) is 11.5 Å². The van der Waals surface area contributed by atoms with Gasteiger partial charge in [0.15, 0.2) is 6.61 Å². The zero-order chi connectivity index (χ0) is 19.4. The van der Waals surface area contributed by atoms with Gasteiger partial charge in [-0.25, -0.2) is 4.79 Å². The number of hydrogen-bond acceptors (Lipinski definition) is 4. The van der Waals surface area contributed by atoms with Crippen molar-refractivity contribution < 1.29 is 19.4 Å². The number of halogens is 2. The first-order chi connectivity index (χ1) is 12.2. The number of phenolic OH excluding ortho intramolecular Hbond substituents is 1. The summed E-state index contributed by atoms with van der Waals surface area (Å²) < 4.78 is 9.88. The number of esters is 1. The maximum Gasteiger partial charge on any atom is 0.343 e. The molecule has 4 nitrogen and oxygen atoms in total. The van der Waals surface area contributed by atoms with Gasteiger partial charge < -0.3 is 14.6 Å². The van der Waals surface area contributed by atoms with E-state index in [-0.39, 0.29) is 12.5 Å². The van der Waals surface area contributed by atoms with Gasteiger partial charge in [0.05, 0.1) is 7.11 Å². The van der Waals surface area contributed by atoms with Crippen LogP contribution in [0.3, 0.4) is 0 Å². The average molecular weight is 397 g/mol. The van der Waals surface area contributed by atoms with E-state index in [4.69, 9.17) is 27.9 Å². The number of aromatic hydroxyl groups is 1. The molecule has 0 saturated carbocycles. The molecule has 0 unspecified atom stereocenters. The van der Waals surface area contributed by atoms with Crippen LogP contribution in [0.15, 0.2) is 24.3 Å². The molecule has 0 amide bonds. The van der Waals surface area contributed by atoms with E-state index in [2.05, 4.69) is 4.74 Å². The molecule has 0 radical (unpaired) electrons. The predicted molar refractivity (Wildman–Crippen MR) is 104 cm³/mol. The lowest BCUT2D eigenvalue weighted by atomic mass is 9.90. The Kier molecular flexibility index (Phi) is 6.79. The summed E-state index contributed by atoms with van der Waals surface area (Å²) in [6.07, 6.45) is 0.529. The number of carbonyl (C=O) groups excluding carboxylic acids is 1. The number of hydrogen-bond donors (Lipinski definition) is 1. The second-order valence-electron chi connectivity index (χ2n) is 6.34. The van der Waals surface area contributed by atoms with Crippen molar-refractivity contribution in [2.24, 2.45) is 0 Å². The molecule has 2 aromatic carbocycles. The largest absolute Gasteiger partial charge is 0.508 e. The molecule has 26 heavy (non-hydrogen) atoms. The Morgan fingerprint density at radius 3 is 2.35 bits per heavy atom. The molecule has 0 bridgehead atoms. The topological polar surface area (TPSA) is 55.8 Å². The van der Waals surface area contributed by atoms with Crippen molar-refractivity contribution >= 4 is 29.2 Å². The molecule has 0 atom stereocenters. The maximum atomic E-state index is 11.2. The van der Waals surface area contributed by atoms with E-state index >= 15 is 0 Å². The fourth-order valence-corrected chi connectivity index (χ4v) is 3.50. The lowest BCUT2D eigenvalue weighted by molar-refractivity contribution is -0.142. The third kappa shape index (κ3) is 4.63. The molecule has 0 spiro atoms. The number of rotatable bonds is 6. The van der Waals surface area contributed by atoms with Gasteiger partial charge in [-0.2, -0.15) is 0 Å². The van der Waals surface area contributed by atoms with Gasteiger partial charge in [-0.15, -0.1) is 0 Å². The van der Waals surface area contributed by atoms with E-state index in [1.165, 1.54) is 7.11 Å². The number of benzene rings is 2. The highest BCUT2D eigenvalue weighted by molar-refractivity contribution is 6.36. The lowest BCUT2D eigenvalue weighted by Gasteiger charge is -2.17. The Bertz CT molecular complexity index is 793. The predicted octanol–water partition coefficient (Wildman–Crippen LogP) is 5.27. The van der Waals surface area contributed by atoms with Gasteiger partial charge in [-0.05, 0) is 53.3 Å². The van der Waals surface area contributed by atoms with Crippen LogP contribution in [0.25, 0.3) is 0 Å². The summed E-state index contributed by atoms with van der Waals surface area (Å²) >= 11 is 12.8. The molecule has 0 aromatic heterocycles. The van der Waals surface area contributed by atoms with E-state index in [0.29, 0.717) is 28.0 Å². The highest BCUT2D eigenvalue weighted by Crippen LogP contribution is 2.36. The monoisotopic (exact) mass is 396 g/mol. The van der Waals surface area contributed by atoms with Gasteiger partial charge in [-0.3, -0.25) is 0 Å². The third-order valence-corrected chi connectivity index (χ3v) is 4.92. The molecule has 0 fully saturated rings. The lowest BCUT2D eigenvalue weighted by Crippen LogP contribution is -2.12. The Labute approximate surface area is 163 Å². The van der Waals surface area contributed by atoms with Gasteiger partial charge in [0, 0.05) is 16.5 Å². The van der Waals surface area contributed by atoms with Crippen molar-refractivity contribution in [3.8, 4) is 11.5 Å². The minimum absolute atomic E-state index is 0.204. The molecule has 2 rings (SSSR count). The van der Waals surface area contributed by atoms with E-state index in [0.717, 1.165) is 22.3 Å². The first-order valence-electron chi connectivity index (χ1n) is 8.23. The number of methoxy groups -OCH3 is 1. The van der Waals surface area contributed by atoms with Gasteiger partial charge in [-0.1, -0.05) is 43.1 Å². The summed E-state index contributed by atoms with van der Waals surface area (Å²) in [4.78, 5) is 11.2. The Balaban J connectivity index is 2.31. The standard InChI is InChI=1S/C20H22Cl2O4/c1-11(2)20-12(3)13(5-6-18(20)23)7-15-16(21)8-14(9-17(15)22)26-10-19(24)25-4/h5-6,8-9,11,23H,7,10H2,1-4H3. The summed E-state index contributed by atoms with van der Waals surface area (Å²) in [7, 11) is 1.29. The van der Waals surface area contributed by atoms with Crippen molar-refractivity contribution in [2.75, 3.05) is 13.7 Å². The Hall–Kier alpha value is -1.91. The molecule has 6 heteroatoms. The highest BCUT2D eigenvalue weighted by Gasteiger charge is 2.16. The highest BCUT2D eigenvalue weighted by atomic mass is 35.5. The quantitative estimate of drug-likeness (QED) is 0.675. The summed E-state index contributed by atoms with van der Waals surface area (Å²) in [5.74, 6) is 0.418. The van der Waals surface area contributed by atoms with E-state index < -0.39 is 5.97 Å². The summed E-state index contributed by atoms with van der Waals surface area (Å²) in [6.45, 7) is 5.86. The SMILES string of the molecule is COC(=O)COc1cc(Cl)c(Cc2ccc(O)c(C(C)C)c2C)c(Cl)c1. The number of carbonyl (C=O) groups is 1. The van der Waals surface area contributed by atoms with Crippen LogP contribution in [0, 0.1) is 6.92 Å². The first-order valence-corrected chi connectivity index (χ1v) is 8.99. The van der Waals surface area contributed by atoms with Crippen LogP contribution in [0.2, 0.25) is 10.0 Å². The molecule has 0 aliphatic rings. The van der Waals surface area contributed by atoms with E-state index in [1.807, 2.05) is 26.8 Å². The molecular formula is C20H22Cl2O4. The summed E-state index contributed by atoms with van der Waals surface area (Å²) in [6, 6.07) is 6.84. The van der Waals surface area contributed by atoms with Crippen LogP contribution >= 0.6 is 23.2 Å². The normalized spacial score (nSPS) is 10.9. The minimum Gasteiger partial charge on any atom is -0.508 e. The van der Waals surface area contributed by atoms with E-state index in [1.54, 1.807) is 18.2 Å². The molecule has 0 heterocycles. The second-order valence-corrected chi connectivity index (χ2v) is 7.16. The average Bonchev–Trinajstić information content (AvgIpc) is 2.57. The van der Waals surface area contributed by atoms with Crippen molar-refractivity contribution in [1.82, 2.24) is 0 Å². The number of phenols is 1. The zero-order valence-corrected chi connectivity index (χ0v) is 16.7. The fraction of sp³-hybridized carbons (Fsp3) is 0.350. The van der Waals surface area contributed by atoms with Crippen LogP contribution in [0.1, 0.15) is 42.0 Å². The van der Waals surface area contributed by atoms with Gasteiger partial charge in [0.2, 0.25) is 0 Å². The van der Waals surface area contributed by atoms with Crippen molar-refractivity contribution in [2.45, 2.75) is 33.1 Å². The number of ether oxygens (including phenoxy) is 2. The molecule has 0 aliphatic heterocycles. The smallest absolute Gasteiger partial charge is 0.343 e. The van der Waals surface area contributed by atoms with E-state index in [9.17, 15) is 9.90 Å². The molecule has 1 N–H and O–H groups in total. The van der Waals surface area contributed by atoms with Crippen LogP contribution in [-0.2, 0) is 16.0 Å².